The number of carbonyl (C=O) groups excluding carboxylic acids is 1. The van der Waals surface area contributed by atoms with Crippen LogP contribution in [0.4, 0.5) is 5.82 Å². The maximum absolute atomic E-state index is 12.8. The molecule has 1 aliphatic rings. The van der Waals surface area contributed by atoms with E-state index in [1.54, 1.807) is 6.20 Å². The summed E-state index contributed by atoms with van der Waals surface area (Å²) in [5.41, 5.74) is 1.38. The Morgan fingerprint density at radius 3 is 3.00 bits per heavy atom. The van der Waals surface area contributed by atoms with E-state index >= 15 is 0 Å². The van der Waals surface area contributed by atoms with Crippen LogP contribution in [0, 0.1) is 6.92 Å². The summed E-state index contributed by atoms with van der Waals surface area (Å²) in [5, 5.41) is 12.1. The number of hydrogen-bond donors (Lipinski definition) is 1. The zero-order valence-corrected chi connectivity index (χ0v) is 14.1. The van der Waals surface area contributed by atoms with Crippen LogP contribution in [0.3, 0.4) is 0 Å². The number of carbonyl (C=O) groups is 1. The molecular weight excluding hydrogens is 316 g/mol. The third-order valence-corrected chi connectivity index (χ3v) is 4.64. The molecule has 1 aliphatic heterocycles. The van der Waals surface area contributed by atoms with Gasteiger partial charge in [-0.25, -0.2) is 0 Å². The van der Waals surface area contributed by atoms with Gasteiger partial charge < -0.3 is 14.6 Å². The largest absolute Gasteiger partial charge is 0.461 e. The standard InChI is InChI=1S/C19H20N4O2/c1-13-18(15-7-2-3-8-16(15)25-13)19(24)21-14-6-5-11-23(12-14)17-9-4-10-20-22-17/h2-4,7-10,14H,5-6,11-12H2,1H3,(H,21,24)/t14-/m1/s1. The van der Waals surface area contributed by atoms with Crippen LogP contribution in [0.15, 0.2) is 47.0 Å². The first-order chi connectivity index (χ1) is 12.2. The van der Waals surface area contributed by atoms with Gasteiger partial charge in [0.2, 0.25) is 0 Å². The summed E-state index contributed by atoms with van der Waals surface area (Å²) >= 11 is 0. The molecule has 4 rings (SSSR count). The summed E-state index contributed by atoms with van der Waals surface area (Å²) in [4.78, 5) is 15.0. The second-order valence-electron chi connectivity index (χ2n) is 6.37. The molecule has 0 radical (unpaired) electrons. The first-order valence-electron chi connectivity index (χ1n) is 8.54. The summed E-state index contributed by atoms with van der Waals surface area (Å²) in [6, 6.07) is 11.5. The van der Waals surface area contributed by atoms with Gasteiger partial charge in [-0.15, -0.1) is 5.10 Å². The van der Waals surface area contributed by atoms with Gasteiger partial charge >= 0.3 is 0 Å². The van der Waals surface area contributed by atoms with Gasteiger partial charge in [0.05, 0.1) is 5.56 Å². The van der Waals surface area contributed by atoms with Gasteiger partial charge in [-0.1, -0.05) is 18.2 Å². The lowest BCUT2D eigenvalue weighted by atomic mass is 10.0. The quantitative estimate of drug-likeness (QED) is 0.796. The van der Waals surface area contributed by atoms with Crippen molar-refractivity contribution in [2.24, 2.45) is 0 Å². The normalized spacial score (nSPS) is 17.6. The molecular formula is C19H20N4O2. The number of aryl methyl sites for hydroxylation is 1. The molecule has 128 valence electrons. The summed E-state index contributed by atoms with van der Waals surface area (Å²) in [6.45, 7) is 3.50. The van der Waals surface area contributed by atoms with E-state index < -0.39 is 0 Å². The molecule has 6 heteroatoms. The maximum atomic E-state index is 12.8. The minimum Gasteiger partial charge on any atom is -0.461 e. The fraction of sp³-hybridized carbons (Fsp3) is 0.316. The smallest absolute Gasteiger partial charge is 0.255 e. The van der Waals surface area contributed by atoms with Gasteiger partial charge in [-0.3, -0.25) is 4.79 Å². The molecule has 3 heterocycles. The van der Waals surface area contributed by atoms with Crippen LogP contribution in [0.5, 0.6) is 0 Å². The number of aromatic nitrogens is 2. The van der Waals surface area contributed by atoms with Crippen LogP contribution < -0.4 is 10.2 Å². The second-order valence-corrected chi connectivity index (χ2v) is 6.37. The Hall–Kier alpha value is -2.89. The van der Waals surface area contributed by atoms with Gasteiger partial charge in [-0.2, -0.15) is 5.10 Å². The third kappa shape index (κ3) is 3.07. The number of nitrogens with one attached hydrogen (secondary N) is 1. The Morgan fingerprint density at radius 2 is 2.16 bits per heavy atom. The molecule has 1 atom stereocenters. The van der Waals surface area contributed by atoms with Crippen molar-refractivity contribution in [3.05, 3.63) is 53.9 Å². The van der Waals surface area contributed by atoms with E-state index in [0.717, 1.165) is 42.7 Å². The monoisotopic (exact) mass is 336 g/mol. The Kier molecular flexibility index (Phi) is 4.09. The Balaban J connectivity index is 1.51. The van der Waals surface area contributed by atoms with E-state index in [4.69, 9.17) is 4.42 Å². The molecule has 0 saturated carbocycles. The van der Waals surface area contributed by atoms with Gasteiger partial charge in [0.25, 0.3) is 5.91 Å². The fourth-order valence-electron chi connectivity index (χ4n) is 3.47. The molecule has 1 amide bonds. The lowest BCUT2D eigenvalue weighted by Gasteiger charge is -2.33. The van der Waals surface area contributed by atoms with Crippen molar-refractivity contribution in [3.63, 3.8) is 0 Å². The molecule has 1 aromatic carbocycles. The van der Waals surface area contributed by atoms with Crippen LogP contribution in [0.25, 0.3) is 11.0 Å². The average molecular weight is 336 g/mol. The van der Waals surface area contributed by atoms with Crippen LogP contribution in [0.2, 0.25) is 0 Å². The number of nitrogens with zero attached hydrogens (tertiary/aromatic N) is 3. The number of anilines is 1. The Morgan fingerprint density at radius 1 is 1.28 bits per heavy atom. The van der Waals surface area contributed by atoms with Gasteiger partial charge in [0.1, 0.15) is 11.3 Å². The SMILES string of the molecule is Cc1oc2ccccc2c1C(=O)N[C@@H]1CCCN(c2cccnn2)C1. The van der Waals surface area contributed by atoms with Crippen LogP contribution in [-0.2, 0) is 0 Å². The van der Waals surface area contributed by atoms with Gasteiger partial charge in [0, 0.05) is 30.7 Å². The predicted molar refractivity (Wildman–Crippen MR) is 95.7 cm³/mol. The summed E-state index contributed by atoms with van der Waals surface area (Å²) < 4.78 is 5.71. The highest BCUT2D eigenvalue weighted by atomic mass is 16.3. The number of hydrogen-bond acceptors (Lipinski definition) is 5. The van der Waals surface area contributed by atoms with Crippen molar-refractivity contribution in [2.45, 2.75) is 25.8 Å². The zero-order chi connectivity index (χ0) is 17.2. The predicted octanol–water partition coefficient (Wildman–Crippen LogP) is 2.93. The Labute approximate surface area is 145 Å². The summed E-state index contributed by atoms with van der Waals surface area (Å²) in [7, 11) is 0. The molecule has 1 N–H and O–H groups in total. The molecule has 6 nitrogen and oxygen atoms in total. The molecule has 0 bridgehead atoms. The lowest BCUT2D eigenvalue weighted by molar-refractivity contribution is 0.0933. The topological polar surface area (TPSA) is 71.3 Å². The molecule has 3 aromatic rings. The van der Waals surface area contributed by atoms with E-state index in [-0.39, 0.29) is 11.9 Å². The van der Waals surface area contributed by atoms with Gasteiger partial charge in [0.15, 0.2) is 5.82 Å². The minimum atomic E-state index is -0.0755. The molecule has 0 unspecified atom stereocenters. The number of piperidine rings is 1. The Bertz CT molecular complexity index is 891. The average Bonchev–Trinajstić information content (AvgIpc) is 2.98. The van der Waals surface area contributed by atoms with Crippen molar-refractivity contribution < 1.29 is 9.21 Å². The number of amides is 1. The van der Waals surface area contributed by atoms with E-state index in [1.807, 2.05) is 43.3 Å². The molecule has 0 spiro atoms. The first-order valence-corrected chi connectivity index (χ1v) is 8.54. The highest BCUT2D eigenvalue weighted by Gasteiger charge is 2.25. The minimum absolute atomic E-state index is 0.0755. The van der Waals surface area contributed by atoms with E-state index in [2.05, 4.69) is 20.4 Å². The molecule has 1 saturated heterocycles. The molecule has 1 fully saturated rings. The number of rotatable bonds is 3. The molecule has 2 aromatic heterocycles. The second kappa shape index (κ2) is 6.55. The highest BCUT2D eigenvalue weighted by molar-refractivity contribution is 6.07. The summed E-state index contributed by atoms with van der Waals surface area (Å²) in [5.74, 6) is 1.43. The van der Waals surface area contributed by atoms with Crippen molar-refractivity contribution >= 4 is 22.7 Å². The zero-order valence-electron chi connectivity index (χ0n) is 14.1. The number of furan rings is 1. The van der Waals surface area contributed by atoms with Crippen molar-refractivity contribution in [1.29, 1.82) is 0 Å². The van der Waals surface area contributed by atoms with Gasteiger partial charge in [-0.05, 0) is 38.0 Å². The van der Waals surface area contributed by atoms with Crippen molar-refractivity contribution in [3.8, 4) is 0 Å². The van der Waals surface area contributed by atoms with E-state index in [1.165, 1.54) is 0 Å². The van der Waals surface area contributed by atoms with Crippen LogP contribution >= 0.6 is 0 Å². The molecule has 25 heavy (non-hydrogen) atoms. The van der Waals surface area contributed by atoms with E-state index in [0.29, 0.717) is 11.3 Å². The number of benzene rings is 1. The fourth-order valence-corrected chi connectivity index (χ4v) is 3.47. The number of para-hydroxylation sites is 1. The number of fused-ring (bicyclic) bond motifs is 1. The molecule has 0 aliphatic carbocycles. The third-order valence-electron chi connectivity index (χ3n) is 4.64. The van der Waals surface area contributed by atoms with Crippen molar-refractivity contribution in [1.82, 2.24) is 15.5 Å². The highest BCUT2D eigenvalue weighted by Crippen LogP contribution is 2.25. The van der Waals surface area contributed by atoms with Crippen LogP contribution in [-0.4, -0.2) is 35.2 Å². The van der Waals surface area contributed by atoms with E-state index in [9.17, 15) is 4.79 Å². The van der Waals surface area contributed by atoms with Crippen molar-refractivity contribution in [2.75, 3.05) is 18.0 Å². The maximum Gasteiger partial charge on any atom is 0.255 e. The van der Waals surface area contributed by atoms with Crippen LogP contribution in [0.1, 0.15) is 29.0 Å². The lowest BCUT2D eigenvalue weighted by Crippen LogP contribution is -2.48. The summed E-state index contributed by atoms with van der Waals surface area (Å²) in [6.07, 6.45) is 3.63. The first kappa shape index (κ1) is 15.6.